The molecule has 0 fully saturated rings. The fourth-order valence-corrected chi connectivity index (χ4v) is 13.5. The summed E-state index contributed by atoms with van der Waals surface area (Å²) in [5, 5.41) is 58.0. The van der Waals surface area contributed by atoms with Crippen molar-refractivity contribution in [3.8, 4) is 5.75 Å². The molecule has 0 radical (unpaired) electrons. The molecule has 6 aromatic rings. The van der Waals surface area contributed by atoms with Crippen molar-refractivity contribution < 1.29 is 86.9 Å². The third-order valence-corrected chi connectivity index (χ3v) is 20.4. The Morgan fingerprint density at radius 2 is 0.868 bits per heavy atom. The number of carbonyl (C=O) groups is 16. The van der Waals surface area contributed by atoms with Crippen LogP contribution in [0.5, 0.6) is 5.75 Å². The number of phenols is 1. The lowest BCUT2D eigenvalue weighted by Gasteiger charge is -2.36. The summed E-state index contributed by atoms with van der Waals surface area (Å²) >= 11 is 8.51. The average molecular weight is 1720 g/mol. The maximum absolute atomic E-state index is 15.4. The number of H-pyrrole nitrogens is 2. The molecule has 0 saturated heterocycles. The number of unbranched alkanes of at least 4 members (excludes halogenated alkanes) is 1. The van der Waals surface area contributed by atoms with Gasteiger partial charge in [0.1, 0.15) is 78.3 Å². The molecule has 38 heteroatoms. The minimum absolute atomic E-state index is 0.0843. The van der Waals surface area contributed by atoms with Crippen molar-refractivity contribution in [1.29, 1.82) is 0 Å². The minimum atomic E-state index is -1.86. The van der Waals surface area contributed by atoms with E-state index in [4.69, 9.17) is 11.5 Å². The number of hydrogen-bond acceptors (Lipinski definition) is 20. The van der Waals surface area contributed by atoms with Gasteiger partial charge < -0.3 is 106 Å². The molecule has 0 saturated carbocycles. The van der Waals surface area contributed by atoms with Crippen molar-refractivity contribution in [2.45, 2.75) is 200 Å². The third kappa shape index (κ3) is 30.9. The lowest BCUT2D eigenvalue weighted by molar-refractivity contribution is -0.141. The molecule has 0 aliphatic carbocycles. The molecule has 36 nitrogen and oxygen atoms in total. The van der Waals surface area contributed by atoms with Crippen molar-refractivity contribution in [3.63, 3.8) is 0 Å². The zero-order chi connectivity index (χ0) is 89.6. The average Bonchev–Trinajstić information content (AvgIpc) is 1.77. The minimum Gasteiger partial charge on any atom is -0.508 e. The number of thiol groups is 2. The topological polar surface area (TPSA) is 566 Å². The number of aromatic hydroxyl groups is 1. The van der Waals surface area contributed by atoms with Gasteiger partial charge in [-0.2, -0.15) is 25.3 Å². The van der Waals surface area contributed by atoms with E-state index in [0.717, 1.165) is 0 Å². The van der Waals surface area contributed by atoms with Crippen molar-refractivity contribution in [2.75, 3.05) is 31.1 Å². The van der Waals surface area contributed by atoms with E-state index >= 15 is 14.4 Å². The Morgan fingerprint density at radius 1 is 0.438 bits per heavy atom. The number of nitrogens with two attached hydrogens (primary N) is 2. The van der Waals surface area contributed by atoms with Gasteiger partial charge in [0.15, 0.2) is 0 Å². The molecule has 0 aliphatic rings. The van der Waals surface area contributed by atoms with Gasteiger partial charge >= 0.3 is 5.97 Å². The van der Waals surface area contributed by atoms with Crippen LogP contribution in [-0.2, 0) is 102 Å². The molecule has 6 rings (SSSR count). The number of rotatable bonds is 46. The van der Waals surface area contributed by atoms with Crippen LogP contribution in [-0.4, -0.2) is 218 Å². The van der Waals surface area contributed by atoms with Gasteiger partial charge in [-0.3, -0.25) is 76.7 Å². The first-order valence-corrected chi connectivity index (χ1v) is 40.9. The van der Waals surface area contributed by atoms with Gasteiger partial charge in [0.2, 0.25) is 88.6 Å². The number of aromatic nitrogens is 2. The summed E-state index contributed by atoms with van der Waals surface area (Å²) in [6.07, 6.45) is 2.50. The standard InChI is InChI=1S/C83H114N18O18S2/c1-44(2)67(99-75(113)59(36-49-39-87-54-24-16-14-22-52(49)54)95-74(112)61(38-66(106)107)93-71(109)45(3)90-77(115)62(42-120)91-46(4)102)79(117)98-63(43-121)78(116)94-58(35-48-27-29-51(103)30-28-48)73(111)96-60(37-50-40-88-55-25-17-15-23-53(50)55)76(114)100-69(83(8,9)10)81(119)101-68(82(5,6)7)80(118)97-57(34-47-20-12-11-13-21-47)72(110)89-41-65(105)86-33-31-64(104)92-56(70(85)108)26-18-19-32-84/h11-17,20-25,27-30,39-40,44-45,56-63,67-69,87-88,103,120-121H,18-19,26,31-38,41-43,84H2,1-10H3,(H2,85,108)(H,86,105)(H,89,110)(H,90,115)(H,91,102)(H,92,104)(H,93,109)(H,94,116)(H,95,112)(H,96,111)(H,97,118)(H,98,117)(H,99,113)(H,100,114)(H,101,119)(H,106,107)/t45-,56+,57-,58-,59-,60-,61-,62-,63-,67-,68+,69+/m0/s1. The lowest BCUT2D eigenvalue weighted by atomic mass is 9.83. The summed E-state index contributed by atoms with van der Waals surface area (Å²) in [6.45, 7) is 15.1. The van der Waals surface area contributed by atoms with Crippen LogP contribution in [0.4, 0.5) is 0 Å². The zero-order valence-corrected chi connectivity index (χ0v) is 71.1. The molecule has 2 aromatic heterocycles. The zero-order valence-electron chi connectivity index (χ0n) is 69.4. The molecular weight excluding hydrogens is 1600 g/mol. The highest BCUT2D eigenvalue weighted by Gasteiger charge is 2.43. The van der Waals surface area contributed by atoms with E-state index in [1.165, 1.54) is 38.1 Å². The number of carboxylic acid groups (broad SMARTS) is 1. The van der Waals surface area contributed by atoms with Crippen molar-refractivity contribution >= 4 is 142 Å². The van der Waals surface area contributed by atoms with Crippen LogP contribution >= 0.6 is 25.3 Å². The number of carboxylic acids is 1. The van der Waals surface area contributed by atoms with Gasteiger partial charge in [-0.15, -0.1) is 0 Å². The first-order valence-electron chi connectivity index (χ1n) is 39.6. The molecule has 0 bridgehead atoms. The summed E-state index contributed by atoms with van der Waals surface area (Å²) in [6, 6.07) is 10.8. The van der Waals surface area contributed by atoms with E-state index in [1.807, 2.05) is 0 Å². The Kier molecular flexibility index (Phi) is 37.6. The Hall–Kier alpha value is -12.1. The number of nitrogens with one attached hydrogen (secondary N) is 16. The highest BCUT2D eigenvalue weighted by Crippen LogP contribution is 2.26. The lowest BCUT2D eigenvalue weighted by Crippen LogP contribution is -2.64. The van der Waals surface area contributed by atoms with E-state index in [2.05, 4.69) is 110 Å². The molecule has 12 atom stereocenters. The van der Waals surface area contributed by atoms with Gasteiger partial charge in [0, 0.05) is 91.3 Å². The number of amides is 15. The first kappa shape index (κ1) is 97.8. The third-order valence-electron chi connectivity index (χ3n) is 19.6. The van der Waals surface area contributed by atoms with E-state index in [1.54, 1.807) is 147 Å². The molecular formula is C83H114N18O18S2. The van der Waals surface area contributed by atoms with Gasteiger partial charge in [-0.25, -0.2) is 0 Å². The highest BCUT2D eigenvalue weighted by atomic mass is 32.1. The van der Waals surface area contributed by atoms with Crippen LogP contribution in [0, 0.1) is 16.7 Å². The Balaban J connectivity index is 1.23. The van der Waals surface area contributed by atoms with E-state index in [0.29, 0.717) is 63.4 Å². The largest absolute Gasteiger partial charge is 0.508 e. The molecule has 22 N–H and O–H groups in total. The maximum atomic E-state index is 15.4. The Bertz CT molecular complexity index is 4640. The Morgan fingerprint density at radius 3 is 1.37 bits per heavy atom. The number of hydrogen-bond donors (Lipinski definition) is 22. The van der Waals surface area contributed by atoms with Gasteiger partial charge in [0.25, 0.3) is 0 Å². The molecule has 656 valence electrons. The molecule has 0 aliphatic heterocycles. The SMILES string of the molecule is CC(=O)N[C@@H](CS)C(=O)N[C@@H](C)C(=O)N[C@@H](CC(=O)O)C(=O)N[C@@H](Cc1c[nH]c2ccccc12)C(=O)N[C@H](C(=O)N[C@@H](CS)C(=O)N[C@@H](Cc1ccc(O)cc1)C(=O)N[C@@H](Cc1c[nH]c2ccccc12)C(=O)N[C@H](C(=O)N[C@H](C(=O)N[C@@H](Cc1ccccc1)C(=O)NCC(=O)NCCC(=O)N[C@H](CCCCN)C(N)=O)C(C)(C)C)C(C)(C)C)C(C)C. The monoisotopic (exact) mass is 1710 g/mol. The first-order chi connectivity index (χ1) is 57.1. The van der Waals surface area contributed by atoms with Crippen molar-refractivity contribution in [2.24, 2.45) is 28.2 Å². The number of carbonyl (C=O) groups excluding carboxylic acids is 15. The molecule has 15 amide bonds. The van der Waals surface area contributed by atoms with Crippen LogP contribution < -0.4 is 85.9 Å². The molecule has 0 unspecified atom stereocenters. The van der Waals surface area contributed by atoms with Gasteiger partial charge in [-0.05, 0) is 96.0 Å². The van der Waals surface area contributed by atoms with Crippen molar-refractivity contribution in [3.05, 3.63) is 138 Å². The summed E-state index contributed by atoms with van der Waals surface area (Å²) in [7, 11) is 0. The predicted octanol–water partition coefficient (Wildman–Crippen LogP) is -0.198. The normalized spacial score (nSPS) is 14.4. The van der Waals surface area contributed by atoms with Crippen LogP contribution in [0.2, 0.25) is 0 Å². The molecule has 2 heterocycles. The van der Waals surface area contributed by atoms with Crippen LogP contribution in [0.15, 0.2) is 116 Å². The summed E-state index contributed by atoms with van der Waals surface area (Å²) in [5.41, 5.74) is 12.1. The van der Waals surface area contributed by atoms with Crippen molar-refractivity contribution in [1.82, 2.24) is 84.4 Å². The maximum Gasteiger partial charge on any atom is 0.305 e. The van der Waals surface area contributed by atoms with Crippen LogP contribution in [0.1, 0.15) is 124 Å². The molecule has 0 spiro atoms. The van der Waals surface area contributed by atoms with E-state index in [-0.39, 0.29) is 56.6 Å². The summed E-state index contributed by atoms with van der Waals surface area (Å²) < 4.78 is 0. The fourth-order valence-electron chi connectivity index (χ4n) is 12.9. The fraction of sp³-hybridized carbons (Fsp3) is 0.470. The number of aliphatic carboxylic acids is 1. The number of phenolic OH excluding ortho intramolecular Hbond substituents is 1. The summed E-state index contributed by atoms with van der Waals surface area (Å²) in [5.74, 6) is -15.8. The van der Waals surface area contributed by atoms with Crippen LogP contribution in [0.25, 0.3) is 21.8 Å². The molecule has 121 heavy (non-hydrogen) atoms. The van der Waals surface area contributed by atoms with Gasteiger partial charge in [0.05, 0.1) is 13.0 Å². The number of aromatic amines is 2. The number of fused-ring (bicyclic) bond motifs is 2. The molecule has 4 aromatic carbocycles. The second-order valence-corrected chi connectivity index (χ2v) is 32.7. The second kappa shape index (κ2) is 46.5. The Labute approximate surface area is 711 Å². The number of primary amides is 1. The quantitative estimate of drug-likeness (QED) is 0.0174. The highest BCUT2D eigenvalue weighted by molar-refractivity contribution is 7.80. The summed E-state index contributed by atoms with van der Waals surface area (Å²) in [4.78, 5) is 228. The smallest absolute Gasteiger partial charge is 0.305 e. The predicted molar refractivity (Wildman–Crippen MR) is 457 cm³/mol. The number of benzene rings is 4. The number of para-hydroxylation sites is 2. The second-order valence-electron chi connectivity index (χ2n) is 32.0. The van der Waals surface area contributed by atoms with E-state index in [9.17, 15) is 72.5 Å². The van der Waals surface area contributed by atoms with E-state index < -0.39 is 203 Å². The van der Waals surface area contributed by atoms with Crippen LogP contribution in [0.3, 0.4) is 0 Å². The van der Waals surface area contributed by atoms with Gasteiger partial charge in [-0.1, -0.05) is 134 Å².